The lowest BCUT2D eigenvalue weighted by Crippen LogP contribution is -2.01. The average molecular weight is 486 g/mol. The summed E-state index contributed by atoms with van der Waals surface area (Å²) in [7, 11) is 0. The zero-order chi connectivity index (χ0) is 24.0. The molecule has 0 aliphatic carbocycles. The minimum atomic E-state index is 0.0878. The minimum absolute atomic E-state index is 0.0878. The summed E-state index contributed by atoms with van der Waals surface area (Å²) in [4.78, 5) is 1.42. The second-order valence-corrected chi connectivity index (χ2v) is 9.65. The Balaban J connectivity index is 1.25. The van der Waals surface area contributed by atoms with Crippen LogP contribution in [0.2, 0.25) is 5.02 Å². The van der Waals surface area contributed by atoms with Gasteiger partial charge in [-0.3, -0.25) is 0 Å². The Morgan fingerprint density at radius 3 is 1.94 bits per heavy atom. The number of fused-ring (bicyclic) bond motifs is 1. The van der Waals surface area contributed by atoms with Gasteiger partial charge in [-0.1, -0.05) is 102 Å². The van der Waals surface area contributed by atoms with E-state index in [0.717, 1.165) is 11.9 Å². The van der Waals surface area contributed by atoms with Gasteiger partial charge in [-0.05, 0) is 36.8 Å². The first-order chi connectivity index (χ1) is 16.7. The zero-order valence-corrected chi connectivity index (χ0v) is 21.4. The van der Waals surface area contributed by atoms with Crippen molar-refractivity contribution >= 4 is 22.6 Å². The van der Waals surface area contributed by atoms with Gasteiger partial charge in [-0.25, -0.2) is 0 Å². The van der Waals surface area contributed by atoms with Crippen molar-refractivity contribution in [1.82, 2.24) is 15.0 Å². The number of halogens is 1. The van der Waals surface area contributed by atoms with Gasteiger partial charge in [0.2, 0.25) is 0 Å². The maximum absolute atomic E-state index is 10.4. The van der Waals surface area contributed by atoms with Crippen LogP contribution in [0, 0.1) is 0 Å². The maximum atomic E-state index is 10.4. The first kappa shape index (κ1) is 26.3. The molecular weight excluding hydrogens is 446 g/mol. The maximum Gasteiger partial charge on any atom is 0.146 e. The lowest BCUT2D eigenvalue weighted by Gasteiger charge is -2.09. The molecule has 3 aromatic rings. The van der Waals surface area contributed by atoms with Gasteiger partial charge >= 0.3 is 0 Å². The first-order valence-corrected chi connectivity index (χ1v) is 13.5. The largest absolute Gasteiger partial charge is 0.505 e. The van der Waals surface area contributed by atoms with Gasteiger partial charge in [0.1, 0.15) is 28.2 Å². The standard InChI is InChI=1S/C28H40ClN3O2/c1-2-3-4-5-6-7-8-9-10-11-12-13-14-15-20-34-24-17-19-27(28(33)22-24)32-30-25-18-16-23(29)21-26(25)31-32/h16-19,21-22,33H,2-15,20H2,1H3. The molecule has 34 heavy (non-hydrogen) atoms. The monoisotopic (exact) mass is 485 g/mol. The van der Waals surface area contributed by atoms with Gasteiger partial charge in [-0.15, -0.1) is 15.0 Å². The van der Waals surface area contributed by atoms with Crippen LogP contribution in [0.1, 0.15) is 96.8 Å². The molecule has 0 spiro atoms. The summed E-state index contributed by atoms with van der Waals surface area (Å²) >= 11 is 6.02. The fourth-order valence-electron chi connectivity index (χ4n) is 4.24. The van der Waals surface area contributed by atoms with E-state index < -0.39 is 0 Å². The zero-order valence-electron chi connectivity index (χ0n) is 20.6. The minimum Gasteiger partial charge on any atom is -0.505 e. The molecule has 186 valence electrons. The van der Waals surface area contributed by atoms with Crippen molar-refractivity contribution in [3.05, 3.63) is 41.4 Å². The molecule has 0 aliphatic rings. The quantitative estimate of drug-likeness (QED) is 0.194. The fraction of sp³-hybridized carbons (Fsp3) is 0.571. The molecule has 0 aliphatic heterocycles. The highest BCUT2D eigenvalue weighted by molar-refractivity contribution is 6.31. The van der Waals surface area contributed by atoms with Crippen LogP contribution in [0.4, 0.5) is 0 Å². The van der Waals surface area contributed by atoms with Crippen LogP contribution in [0.5, 0.6) is 11.5 Å². The normalized spacial score (nSPS) is 11.4. The number of hydrogen-bond acceptors (Lipinski definition) is 4. The van der Waals surface area contributed by atoms with Gasteiger partial charge in [0, 0.05) is 11.1 Å². The van der Waals surface area contributed by atoms with Crippen LogP contribution in [0.25, 0.3) is 16.7 Å². The van der Waals surface area contributed by atoms with Gasteiger partial charge < -0.3 is 9.84 Å². The third-order valence-electron chi connectivity index (χ3n) is 6.27. The van der Waals surface area contributed by atoms with Crippen molar-refractivity contribution in [2.75, 3.05) is 6.61 Å². The highest BCUT2D eigenvalue weighted by Crippen LogP contribution is 2.27. The van der Waals surface area contributed by atoms with Gasteiger partial charge in [0.25, 0.3) is 0 Å². The number of rotatable bonds is 17. The van der Waals surface area contributed by atoms with Crippen molar-refractivity contribution in [1.29, 1.82) is 0 Å². The van der Waals surface area contributed by atoms with Crippen LogP contribution in [-0.2, 0) is 0 Å². The predicted molar refractivity (Wildman–Crippen MR) is 141 cm³/mol. The van der Waals surface area contributed by atoms with Crippen LogP contribution in [0.15, 0.2) is 36.4 Å². The fourth-order valence-corrected chi connectivity index (χ4v) is 4.41. The summed E-state index contributed by atoms with van der Waals surface area (Å²) in [6.45, 7) is 2.94. The summed E-state index contributed by atoms with van der Waals surface area (Å²) in [5, 5.41) is 19.9. The molecule has 0 atom stereocenters. The lowest BCUT2D eigenvalue weighted by molar-refractivity contribution is 0.302. The second-order valence-electron chi connectivity index (χ2n) is 9.22. The van der Waals surface area contributed by atoms with Crippen LogP contribution >= 0.6 is 11.6 Å². The Hall–Kier alpha value is -2.27. The van der Waals surface area contributed by atoms with E-state index in [1.54, 1.807) is 24.3 Å². The number of hydrogen-bond donors (Lipinski definition) is 1. The number of aromatic hydroxyl groups is 1. The second kappa shape index (κ2) is 14.9. The van der Waals surface area contributed by atoms with E-state index in [1.165, 1.54) is 88.3 Å². The molecule has 0 radical (unpaired) electrons. The third kappa shape index (κ3) is 8.83. The molecule has 0 amide bonds. The van der Waals surface area contributed by atoms with E-state index in [1.807, 2.05) is 12.1 Å². The molecule has 0 saturated heterocycles. The van der Waals surface area contributed by atoms with E-state index in [9.17, 15) is 5.11 Å². The molecule has 0 fully saturated rings. The molecular formula is C28H40ClN3O2. The van der Waals surface area contributed by atoms with Crippen molar-refractivity contribution in [3.8, 4) is 17.2 Å². The number of phenolic OH excluding ortho intramolecular Hbond substituents is 1. The summed E-state index contributed by atoms with van der Waals surface area (Å²) in [5.41, 5.74) is 1.92. The van der Waals surface area contributed by atoms with Crippen LogP contribution in [-0.4, -0.2) is 26.7 Å². The number of aromatic nitrogens is 3. The highest BCUT2D eigenvalue weighted by Gasteiger charge is 2.10. The Morgan fingerprint density at radius 1 is 0.735 bits per heavy atom. The lowest BCUT2D eigenvalue weighted by atomic mass is 10.0. The van der Waals surface area contributed by atoms with E-state index in [-0.39, 0.29) is 5.75 Å². The molecule has 0 saturated carbocycles. The van der Waals surface area contributed by atoms with Crippen molar-refractivity contribution in [2.45, 2.75) is 96.8 Å². The van der Waals surface area contributed by atoms with E-state index in [2.05, 4.69) is 17.1 Å². The van der Waals surface area contributed by atoms with Gasteiger partial charge in [0.05, 0.1) is 6.61 Å². The van der Waals surface area contributed by atoms with Crippen molar-refractivity contribution in [2.24, 2.45) is 0 Å². The van der Waals surface area contributed by atoms with Crippen molar-refractivity contribution in [3.63, 3.8) is 0 Å². The number of nitrogens with zero attached hydrogens (tertiary/aromatic N) is 3. The number of ether oxygens (including phenoxy) is 1. The Morgan fingerprint density at radius 2 is 1.32 bits per heavy atom. The van der Waals surface area contributed by atoms with Crippen LogP contribution < -0.4 is 4.74 Å². The van der Waals surface area contributed by atoms with Gasteiger partial charge in [0.15, 0.2) is 0 Å². The molecule has 1 aromatic heterocycles. The molecule has 3 rings (SSSR count). The molecule has 5 nitrogen and oxygen atoms in total. The van der Waals surface area contributed by atoms with E-state index in [4.69, 9.17) is 16.3 Å². The topological polar surface area (TPSA) is 60.2 Å². The highest BCUT2D eigenvalue weighted by atomic mass is 35.5. The first-order valence-electron chi connectivity index (χ1n) is 13.2. The Bertz CT molecular complexity index is 989. The molecule has 2 aromatic carbocycles. The predicted octanol–water partition coefficient (Wildman–Crippen LogP) is 8.64. The van der Waals surface area contributed by atoms with E-state index in [0.29, 0.717) is 28.6 Å². The molecule has 1 N–H and O–H groups in total. The number of phenols is 1. The summed E-state index contributed by atoms with van der Waals surface area (Å²) in [6.07, 6.45) is 18.8. The van der Waals surface area contributed by atoms with E-state index >= 15 is 0 Å². The number of benzene rings is 2. The smallest absolute Gasteiger partial charge is 0.146 e. The average Bonchev–Trinajstić information content (AvgIpc) is 3.24. The Labute approximate surface area is 209 Å². The molecule has 0 bridgehead atoms. The Kier molecular flexibility index (Phi) is 11.5. The van der Waals surface area contributed by atoms with Crippen LogP contribution in [0.3, 0.4) is 0 Å². The molecule has 1 heterocycles. The summed E-state index contributed by atoms with van der Waals surface area (Å²) < 4.78 is 5.83. The molecule has 0 unspecified atom stereocenters. The van der Waals surface area contributed by atoms with Crippen molar-refractivity contribution < 1.29 is 9.84 Å². The SMILES string of the molecule is CCCCCCCCCCCCCCCCOc1ccc(-n2nc3ccc(Cl)cc3n2)c(O)c1. The summed E-state index contributed by atoms with van der Waals surface area (Å²) in [6, 6.07) is 10.6. The molecule has 6 heteroatoms. The van der Waals surface area contributed by atoms with Gasteiger partial charge in [-0.2, -0.15) is 0 Å². The third-order valence-corrected chi connectivity index (χ3v) is 6.51. The summed E-state index contributed by atoms with van der Waals surface area (Å²) in [5.74, 6) is 0.751. The number of unbranched alkanes of at least 4 members (excludes halogenated alkanes) is 13.